The molecule has 6 aromatic rings. The van der Waals surface area contributed by atoms with E-state index in [1.54, 1.807) is 0 Å². The van der Waals surface area contributed by atoms with Gasteiger partial charge in [0.05, 0.1) is 6.54 Å². The second-order valence-electron chi connectivity index (χ2n) is 9.47. The first kappa shape index (κ1) is 25.0. The molecule has 0 saturated heterocycles. The number of rotatable bonds is 7. The monoisotopic (exact) mass is 524 g/mol. The zero-order chi connectivity index (χ0) is 27.3. The van der Waals surface area contributed by atoms with Gasteiger partial charge in [-0.25, -0.2) is 0 Å². The molecule has 0 bridgehead atoms. The van der Waals surface area contributed by atoms with Gasteiger partial charge in [-0.3, -0.25) is 9.36 Å². The van der Waals surface area contributed by atoms with Crippen LogP contribution in [0.25, 0.3) is 34.2 Å². The van der Waals surface area contributed by atoms with Crippen LogP contribution in [0.1, 0.15) is 30.0 Å². The molecular formula is C33H28N6O. The fourth-order valence-electron chi connectivity index (χ4n) is 5.02. The number of H-pyrrole nitrogens is 2. The van der Waals surface area contributed by atoms with E-state index in [0.29, 0.717) is 17.7 Å². The maximum atomic E-state index is 14.0. The molecule has 7 nitrogen and oxygen atoms in total. The van der Waals surface area contributed by atoms with Gasteiger partial charge < -0.3 is 4.98 Å². The number of nitrogens with zero attached hydrogens (tertiary/aromatic N) is 4. The molecule has 7 heteroatoms. The van der Waals surface area contributed by atoms with E-state index in [2.05, 4.69) is 62.9 Å². The first-order valence-electron chi connectivity index (χ1n) is 13.3. The molecule has 0 fully saturated rings. The number of hydrogen-bond donors (Lipinski definition) is 2. The van der Waals surface area contributed by atoms with E-state index in [0.717, 1.165) is 50.9 Å². The third kappa shape index (κ3) is 4.92. The van der Waals surface area contributed by atoms with Crippen LogP contribution in [0.4, 0.5) is 0 Å². The van der Waals surface area contributed by atoms with Crippen LogP contribution < -0.4 is 16.4 Å². The Hall–Kier alpha value is -5.30. The second-order valence-corrected chi connectivity index (χ2v) is 9.47. The highest BCUT2D eigenvalue weighted by Gasteiger charge is 2.14. The van der Waals surface area contributed by atoms with Crippen molar-refractivity contribution in [3.8, 4) is 22.5 Å². The third-order valence-electron chi connectivity index (χ3n) is 6.89. The summed E-state index contributed by atoms with van der Waals surface area (Å²) in [7, 11) is 0. The molecule has 6 rings (SSSR count). The third-order valence-corrected chi connectivity index (χ3v) is 6.89. The molecule has 196 valence electrons. The Morgan fingerprint density at radius 1 is 0.800 bits per heavy atom. The smallest absolute Gasteiger partial charge is 0.276 e. The number of benzene rings is 4. The maximum absolute atomic E-state index is 14.0. The van der Waals surface area contributed by atoms with E-state index in [1.807, 2.05) is 89.5 Å². The van der Waals surface area contributed by atoms with Crippen LogP contribution in [0.5, 0.6) is 0 Å². The SMILES string of the molecule is CCC=c1[nH]c(=C(c2ccccc2)c2ccccc2)c(=O)n1Cc1ccc(-c2ccccc2-c2nn[nH]n2)cc1. The first-order chi connectivity index (χ1) is 19.7. The Labute approximate surface area is 231 Å². The van der Waals surface area contributed by atoms with E-state index in [-0.39, 0.29) is 5.56 Å². The van der Waals surface area contributed by atoms with Crippen molar-refractivity contribution < 1.29 is 0 Å². The Morgan fingerprint density at radius 2 is 1.43 bits per heavy atom. The molecule has 0 aliphatic rings. The molecular weight excluding hydrogens is 496 g/mol. The molecule has 40 heavy (non-hydrogen) atoms. The summed E-state index contributed by atoms with van der Waals surface area (Å²) in [6.45, 7) is 2.52. The summed E-state index contributed by atoms with van der Waals surface area (Å²) in [5, 5.41) is 15.1. The minimum absolute atomic E-state index is 0.0473. The molecule has 2 aromatic heterocycles. The maximum Gasteiger partial charge on any atom is 0.276 e. The average molecular weight is 525 g/mol. The lowest BCUT2D eigenvalue weighted by molar-refractivity contribution is 0.739. The summed E-state index contributed by atoms with van der Waals surface area (Å²) in [6.07, 6.45) is 2.87. The van der Waals surface area contributed by atoms with Gasteiger partial charge in [0, 0.05) is 11.1 Å². The summed E-state index contributed by atoms with van der Waals surface area (Å²) in [4.78, 5) is 17.5. The molecule has 0 saturated carbocycles. The van der Waals surface area contributed by atoms with Crippen LogP contribution in [-0.2, 0) is 6.54 Å². The van der Waals surface area contributed by atoms with Crippen molar-refractivity contribution in [3.63, 3.8) is 0 Å². The zero-order valence-electron chi connectivity index (χ0n) is 22.1. The van der Waals surface area contributed by atoms with Crippen molar-refractivity contribution in [1.82, 2.24) is 30.2 Å². The Kier molecular flexibility index (Phi) is 7.01. The fraction of sp³-hybridized carbons (Fsp3) is 0.0909. The molecule has 0 aliphatic heterocycles. The van der Waals surface area contributed by atoms with E-state index in [9.17, 15) is 4.79 Å². The summed E-state index contributed by atoms with van der Waals surface area (Å²) in [6, 6.07) is 36.4. The highest BCUT2D eigenvalue weighted by Crippen LogP contribution is 2.29. The predicted octanol–water partition coefficient (Wildman–Crippen LogP) is 4.51. The lowest BCUT2D eigenvalue weighted by Crippen LogP contribution is -2.33. The van der Waals surface area contributed by atoms with Crippen LogP contribution in [0.15, 0.2) is 114 Å². The number of imidazole rings is 1. The Bertz CT molecular complexity index is 1860. The quantitative estimate of drug-likeness (QED) is 0.322. The van der Waals surface area contributed by atoms with Crippen molar-refractivity contribution in [1.29, 1.82) is 0 Å². The number of nitrogens with one attached hydrogen (secondary N) is 2. The lowest BCUT2D eigenvalue weighted by Gasteiger charge is -2.09. The minimum atomic E-state index is -0.0473. The zero-order valence-corrected chi connectivity index (χ0v) is 22.1. The molecule has 4 aromatic carbocycles. The van der Waals surface area contributed by atoms with Crippen LogP contribution in [0, 0.1) is 0 Å². The molecule has 0 atom stereocenters. The van der Waals surface area contributed by atoms with Gasteiger partial charge in [-0.1, -0.05) is 116 Å². The van der Waals surface area contributed by atoms with Gasteiger partial charge in [0.1, 0.15) is 10.8 Å². The summed E-state index contributed by atoms with van der Waals surface area (Å²) >= 11 is 0. The van der Waals surface area contributed by atoms with E-state index >= 15 is 0 Å². The normalized spacial score (nSPS) is 11.6. The molecule has 0 amide bonds. The van der Waals surface area contributed by atoms with Gasteiger partial charge in [-0.2, -0.15) is 5.21 Å². The Morgan fingerprint density at radius 3 is 2.02 bits per heavy atom. The van der Waals surface area contributed by atoms with Gasteiger partial charge in [-0.05, 0) is 45.5 Å². The summed E-state index contributed by atoms with van der Waals surface area (Å²) in [5.41, 5.74) is 7.62. The largest absolute Gasteiger partial charge is 0.337 e. The van der Waals surface area contributed by atoms with Gasteiger partial charge in [0.25, 0.3) is 5.56 Å². The Balaban J connectivity index is 1.43. The van der Waals surface area contributed by atoms with Crippen LogP contribution >= 0.6 is 0 Å². The van der Waals surface area contributed by atoms with Crippen molar-refractivity contribution in [3.05, 3.63) is 147 Å². The van der Waals surface area contributed by atoms with E-state index in [4.69, 9.17) is 0 Å². The lowest BCUT2D eigenvalue weighted by atomic mass is 9.98. The average Bonchev–Trinajstić information content (AvgIpc) is 3.65. The van der Waals surface area contributed by atoms with Crippen molar-refractivity contribution >= 4 is 11.6 Å². The van der Waals surface area contributed by atoms with Gasteiger partial charge in [0.2, 0.25) is 5.82 Å². The van der Waals surface area contributed by atoms with E-state index < -0.39 is 0 Å². The fourth-order valence-corrected chi connectivity index (χ4v) is 5.02. The van der Waals surface area contributed by atoms with Crippen LogP contribution in [0.2, 0.25) is 0 Å². The number of tetrazole rings is 1. The van der Waals surface area contributed by atoms with Crippen LogP contribution in [-0.4, -0.2) is 30.2 Å². The topological polar surface area (TPSA) is 92.2 Å². The standard InChI is InChI=1S/C33H28N6O/c1-2-11-29-34-31(30(25-12-5-3-6-13-25)26-14-7-4-8-15-26)33(40)39(29)22-23-18-20-24(21-19-23)27-16-9-10-17-28(27)32-35-37-38-36-32/h3-21,34H,2,22H2,1H3,(H,35,36,37,38). The van der Waals surface area contributed by atoms with Gasteiger partial charge >= 0.3 is 0 Å². The second kappa shape index (κ2) is 11.2. The molecule has 0 aliphatic carbocycles. The molecule has 0 radical (unpaired) electrons. The summed E-state index contributed by atoms with van der Waals surface area (Å²) in [5.74, 6) is 0.551. The number of hydrogen-bond acceptors (Lipinski definition) is 4. The first-order valence-corrected chi connectivity index (χ1v) is 13.3. The van der Waals surface area contributed by atoms with Crippen molar-refractivity contribution in [2.24, 2.45) is 0 Å². The van der Waals surface area contributed by atoms with Gasteiger partial charge in [-0.15, -0.1) is 10.2 Å². The molecule has 2 heterocycles. The highest BCUT2D eigenvalue weighted by molar-refractivity contribution is 5.80. The van der Waals surface area contributed by atoms with E-state index in [1.165, 1.54) is 0 Å². The predicted molar refractivity (Wildman–Crippen MR) is 158 cm³/mol. The molecule has 0 unspecified atom stereocenters. The van der Waals surface area contributed by atoms with Crippen molar-refractivity contribution in [2.75, 3.05) is 0 Å². The molecule has 0 spiro atoms. The van der Waals surface area contributed by atoms with Gasteiger partial charge in [0.15, 0.2) is 0 Å². The number of aromatic nitrogens is 6. The minimum Gasteiger partial charge on any atom is -0.337 e. The molecule has 2 N–H and O–H groups in total. The summed E-state index contributed by atoms with van der Waals surface area (Å²) < 4.78 is 1.83. The highest BCUT2D eigenvalue weighted by atomic mass is 16.1. The van der Waals surface area contributed by atoms with Crippen LogP contribution in [0.3, 0.4) is 0 Å². The van der Waals surface area contributed by atoms with Crippen molar-refractivity contribution in [2.45, 2.75) is 19.9 Å². The number of aromatic amines is 2.